The Morgan fingerprint density at radius 2 is 1.67 bits per heavy atom. The topological polar surface area (TPSA) is 46.8 Å². The molecular weight excluding hydrogens is 406 g/mol. The summed E-state index contributed by atoms with van der Waals surface area (Å²) in [6, 6.07) is 21.8. The summed E-state index contributed by atoms with van der Waals surface area (Å²) >= 11 is 0. The normalized spacial score (nSPS) is 13.3. The van der Waals surface area contributed by atoms with Gasteiger partial charge in [0.1, 0.15) is 17.8 Å². The van der Waals surface area contributed by atoms with Crippen LogP contribution in [0.5, 0.6) is 0 Å². The van der Waals surface area contributed by atoms with E-state index in [9.17, 15) is 0 Å². The Balaban J connectivity index is 1.44. The fourth-order valence-electron chi connectivity index (χ4n) is 4.36. The van der Waals surface area contributed by atoms with Crippen molar-refractivity contribution in [3.05, 3.63) is 90.3 Å². The third-order valence-corrected chi connectivity index (χ3v) is 6.36. The fraction of sp³-hybridized carbons (Fsp3) is 0.250. The smallest absolute Gasteiger partial charge is 0.182 e. The third-order valence-electron chi connectivity index (χ3n) is 6.36. The molecule has 2 aromatic carbocycles. The second kappa shape index (κ2) is 8.32. The van der Waals surface area contributed by atoms with Crippen molar-refractivity contribution in [3.63, 3.8) is 0 Å². The molecule has 0 bridgehead atoms. The molecule has 0 atom stereocenters. The van der Waals surface area contributed by atoms with E-state index < -0.39 is 0 Å². The van der Waals surface area contributed by atoms with Crippen LogP contribution in [0.4, 0.5) is 5.82 Å². The quantitative estimate of drug-likeness (QED) is 0.350. The molecule has 5 heteroatoms. The summed E-state index contributed by atoms with van der Waals surface area (Å²) in [6.45, 7) is 13.8. The van der Waals surface area contributed by atoms with Crippen LogP contribution in [0, 0.1) is 0 Å². The predicted molar refractivity (Wildman–Crippen MR) is 135 cm³/mol. The van der Waals surface area contributed by atoms with Crippen LogP contribution in [0.25, 0.3) is 28.3 Å². The maximum Gasteiger partial charge on any atom is 0.182 e. The summed E-state index contributed by atoms with van der Waals surface area (Å²) < 4.78 is 2.04. The Bertz CT molecular complexity index is 1310. The van der Waals surface area contributed by atoms with E-state index in [2.05, 4.69) is 91.8 Å². The van der Waals surface area contributed by atoms with E-state index in [1.165, 1.54) is 27.8 Å². The molecule has 5 rings (SSSR count). The first-order valence-electron chi connectivity index (χ1n) is 11.5. The molecule has 2 aromatic heterocycles. The van der Waals surface area contributed by atoms with Gasteiger partial charge in [0, 0.05) is 17.3 Å². The number of anilines is 1. The molecule has 0 radical (unpaired) electrons. The molecule has 1 aliphatic heterocycles. The van der Waals surface area contributed by atoms with Crippen LogP contribution in [0.3, 0.4) is 0 Å². The number of aromatic nitrogens is 4. The Labute approximate surface area is 195 Å². The molecule has 4 aromatic rings. The van der Waals surface area contributed by atoms with E-state index in [1.54, 1.807) is 6.33 Å². The highest BCUT2D eigenvalue weighted by Crippen LogP contribution is 2.38. The molecule has 0 saturated carbocycles. The molecule has 0 unspecified atom stereocenters. The highest BCUT2D eigenvalue weighted by molar-refractivity contribution is 5.85. The van der Waals surface area contributed by atoms with Gasteiger partial charge in [-0.05, 0) is 60.2 Å². The van der Waals surface area contributed by atoms with Gasteiger partial charge >= 0.3 is 0 Å². The molecule has 33 heavy (non-hydrogen) atoms. The second-order valence-electron chi connectivity index (χ2n) is 9.22. The summed E-state index contributed by atoms with van der Waals surface area (Å²) in [7, 11) is 0. The zero-order valence-electron chi connectivity index (χ0n) is 19.7. The maximum absolute atomic E-state index is 4.92. The highest BCUT2D eigenvalue weighted by Gasteiger charge is 2.25. The number of hydrogen-bond acceptors (Lipinski definition) is 4. The molecule has 166 valence electrons. The first-order chi connectivity index (χ1) is 15.9. The monoisotopic (exact) mass is 435 g/mol. The number of benzene rings is 2. The van der Waals surface area contributed by atoms with Crippen molar-refractivity contribution in [2.24, 2.45) is 0 Å². The average molecular weight is 436 g/mol. The van der Waals surface area contributed by atoms with Crippen molar-refractivity contribution >= 4 is 11.5 Å². The van der Waals surface area contributed by atoms with Crippen LogP contribution >= 0.6 is 0 Å². The highest BCUT2D eigenvalue weighted by atomic mass is 15.3. The number of pyridine rings is 1. The lowest BCUT2D eigenvalue weighted by atomic mass is 9.96. The summed E-state index contributed by atoms with van der Waals surface area (Å²) in [5.41, 5.74) is 8.02. The van der Waals surface area contributed by atoms with E-state index in [-0.39, 0.29) is 6.04 Å². The summed E-state index contributed by atoms with van der Waals surface area (Å²) in [4.78, 5) is 7.10. The largest absolute Gasteiger partial charge is 0.322 e. The molecular formula is C28H29N5. The van der Waals surface area contributed by atoms with Crippen LogP contribution < -0.4 is 4.90 Å². The maximum atomic E-state index is 4.92. The van der Waals surface area contributed by atoms with Crippen molar-refractivity contribution in [1.82, 2.24) is 19.7 Å². The van der Waals surface area contributed by atoms with Crippen molar-refractivity contribution in [3.8, 4) is 22.6 Å². The third kappa shape index (κ3) is 3.84. The molecule has 0 aliphatic carbocycles. The van der Waals surface area contributed by atoms with Gasteiger partial charge in [-0.1, -0.05) is 62.9 Å². The van der Waals surface area contributed by atoms with Crippen LogP contribution in [-0.4, -0.2) is 19.7 Å². The molecule has 1 aliphatic rings. The molecule has 0 amide bonds. The zero-order valence-corrected chi connectivity index (χ0v) is 19.7. The van der Waals surface area contributed by atoms with Gasteiger partial charge in [-0.25, -0.2) is 4.98 Å². The molecule has 0 saturated heterocycles. The molecule has 0 fully saturated rings. The second-order valence-corrected chi connectivity index (χ2v) is 9.22. The van der Waals surface area contributed by atoms with Gasteiger partial charge in [-0.3, -0.25) is 0 Å². The predicted octanol–water partition coefficient (Wildman–Crippen LogP) is 6.70. The molecule has 3 heterocycles. The van der Waals surface area contributed by atoms with Crippen LogP contribution in [-0.2, 0) is 6.54 Å². The Kier molecular flexibility index (Phi) is 5.33. The van der Waals surface area contributed by atoms with Crippen LogP contribution in [0.1, 0.15) is 56.3 Å². The minimum Gasteiger partial charge on any atom is -0.322 e. The molecule has 0 N–H and O–H groups in total. The van der Waals surface area contributed by atoms with Gasteiger partial charge in [0.25, 0.3) is 0 Å². The average Bonchev–Trinajstić information content (AvgIpc) is 3.44. The number of rotatable bonds is 5. The van der Waals surface area contributed by atoms with Crippen LogP contribution in [0.15, 0.2) is 73.6 Å². The van der Waals surface area contributed by atoms with Gasteiger partial charge in [0.05, 0.1) is 6.54 Å². The van der Waals surface area contributed by atoms with Gasteiger partial charge < -0.3 is 9.47 Å². The van der Waals surface area contributed by atoms with Crippen LogP contribution in [0.2, 0.25) is 0 Å². The summed E-state index contributed by atoms with van der Waals surface area (Å²) in [5.74, 6) is 2.18. The number of nitrogens with zero attached hydrogens (tertiary/aromatic N) is 5. The van der Waals surface area contributed by atoms with Crippen molar-refractivity contribution in [2.45, 2.75) is 46.2 Å². The summed E-state index contributed by atoms with van der Waals surface area (Å²) in [6.07, 6.45) is 1.76. The van der Waals surface area contributed by atoms with Gasteiger partial charge in [0.2, 0.25) is 0 Å². The fourth-order valence-corrected chi connectivity index (χ4v) is 4.36. The number of fused-ring (bicyclic) bond motifs is 1. The first kappa shape index (κ1) is 21.1. The Morgan fingerprint density at radius 1 is 0.909 bits per heavy atom. The van der Waals surface area contributed by atoms with Crippen molar-refractivity contribution < 1.29 is 0 Å². The van der Waals surface area contributed by atoms with Gasteiger partial charge in [-0.2, -0.15) is 0 Å². The van der Waals surface area contributed by atoms with E-state index in [0.717, 1.165) is 29.6 Å². The lowest BCUT2D eigenvalue weighted by molar-refractivity contribution is 0.603. The van der Waals surface area contributed by atoms with Gasteiger partial charge in [-0.15, -0.1) is 10.2 Å². The van der Waals surface area contributed by atoms with E-state index >= 15 is 0 Å². The summed E-state index contributed by atoms with van der Waals surface area (Å²) in [5, 5.41) is 8.40. The van der Waals surface area contributed by atoms with E-state index in [1.807, 2.05) is 22.8 Å². The van der Waals surface area contributed by atoms with Crippen molar-refractivity contribution in [1.29, 1.82) is 0 Å². The zero-order chi connectivity index (χ0) is 23.1. The Hall–Kier alpha value is -3.73. The minimum absolute atomic E-state index is 0.263. The van der Waals surface area contributed by atoms with Crippen molar-refractivity contribution in [2.75, 3.05) is 4.90 Å². The van der Waals surface area contributed by atoms with E-state index in [0.29, 0.717) is 5.92 Å². The number of hydrogen-bond donors (Lipinski definition) is 0. The van der Waals surface area contributed by atoms with E-state index in [4.69, 9.17) is 4.98 Å². The Morgan fingerprint density at radius 3 is 2.39 bits per heavy atom. The lowest BCUT2D eigenvalue weighted by Gasteiger charge is -2.19. The minimum atomic E-state index is 0.263. The standard InChI is InChI=1S/C28H29N5/c1-18(2)21-9-11-22(12-10-21)23-13-14-24-16-32(20(5)25(24)15-23)27-8-6-7-26(30-27)28-31-29-17-33(28)19(3)4/h6-15,17-19H,5,16H2,1-4H3. The molecule has 5 nitrogen and oxygen atoms in total. The first-order valence-corrected chi connectivity index (χ1v) is 11.5. The SMILES string of the molecule is C=C1c2cc(-c3ccc(C(C)C)cc3)ccc2CN1c1cccc(-c2nncn2C(C)C)n1. The van der Waals surface area contributed by atoms with Gasteiger partial charge in [0.15, 0.2) is 5.82 Å². The molecule has 0 spiro atoms. The lowest BCUT2D eigenvalue weighted by Crippen LogP contribution is -2.15.